The average molecular weight is 286 g/mol. The molecule has 1 saturated heterocycles. The molecule has 1 fully saturated rings. The zero-order valence-corrected chi connectivity index (χ0v) is 11.5. The van der Waals surface area contributed by atoms with Crippen LogP contribution in [0.1, 0.15) is 12.0 Å². The molecule has 3 rings (SSSR count). The molecule has 1 aromatic heterocycles. The first-order valence-electron chi connectivity index (χ1n) is 7.00. The fourth-order valence-electron chi connectivity index (χ4n) is 2.45. The number of rotatable bonds is 4. The predicted octanol–water partition coefficient (Wildman–Crippen LogP) is 0.416. The van der Waals surface area contributed by atoms with E-state index in [-0.39, 0.29) is 11.9 Å². The number of aliphatic hydroxyl groups excluding tert-OH is 1. The van der Waals surface area contributed by atoms with Crippen molar-refractivity contribution in [3.63, 3.8) is 0 Å². The Kier molecular flexibility index (Phi) is 3.98. The van der Waals surface area contributed by atoms with Crippen molar-refractivity contribution in [2.45, 2.75) is 25.1 Å². The minimum absolute atomic E-state index is 0.0656. The van der Waals surface area contributed by atoms with Crippen LogP contribution in [0, 0.1) is 0 Å². The Balaban J connectivity index is 1.55. The zero-order valence-electron chi connectivity index (χ0n) is 11.5. The fourth-order valence-corrected chi connectivity index (χ4v) is 2.45. The van der Waals surface area contributed by atoms with E-state index in [1.54, 1.807) is 6.20 Å². The van der Waals surface area contributed by atoms with Gasteiger partial charge in [-0.15, -0.1) is 0 Å². The number of carbonyl (C=O) groups is 1. The largest absolute Gasteiger partial charge is 0.392 e. The van der Waals surface area contributed by atoms with Gasteiger partial charge in [-0.3, -0.25) is 9.89 Å². The summed E-state index contributed by atoms with van der Waals surface area (Å²) in [5.74, 6) is -0.0656. The maximum Gasteiger partial charge on any atom is 0.237 e. The summed E-state index contributed by atoms with van der Waals surface area (Å²) in [6.45, 7) is 0.966. The number of hydrogen-bond donors (Lipinski definition) is 4. The van der Waals surface area contributed by atoms with Crippen LogP contribution in [0.2, 0.25) is 0 Å². The molecule has 6 heteroatoms. The molecule has 6 nitrogen and oxygen atoms in total. The monoisotopic (exact) mass is 286 g/mol. The SMILES string of the molecule is O=C(NCc1ccc(-c2ccn[nH]2)cc1)[C@H]1C[C@H](O)CN1. The van der Waals surface area contributed by atoms with E-state index in [9.17, 15) is 9.90 Å². The number of nitrogens with one attached hydrogen (secondary N) is 3. The zero-order chi connectivity index (χ0) is 14.7. The minimum Gasteiger partial charge on any atom is -0.392 e. The fraction of sp³-hybridized carbons (Fsp3) is 0.333. The third-order valence-corrected chi connectivity index (χ3v) is 3.66. The number of amides is 1. The Hall–Kier alpha value is -2.18. The Morgan fingerprint density at radius 2 is 2.14 bits per heavy atom. The summed E-state index contributed by atoms with van der Waals surface area (Å²) in [5, 5.41) is 22.1. The second-order valence-corrected chi connectivity index (χ2v) is 5.24. The van der Waals surface area contributed by atoms with Gasteiger partial charge in [0.05, 0.1) is 17.8 Å². The normalized spacial score (nSPS) is 21.4. The topological polar surface area (TPSA) is 90.0 Å². The first kappa shape index (κ1) is 13.8. The second kappa shape index (κ2) is 6.07. The Bertz CT molecular complexity index is 595. The highest BCUT2D eigenvalue weighted by molar-refractivity contribution is 5.82. The van der Waals surface area contributed by atoms with Gasteiger partial charge >= 0.3 is 0 Å². The van der Waals surface area contributed by atoms with Crippen LogP contribution in [0.3, 0.4) is 0 Å². The lowest BCUT2D eigenvalue weighted by Crippen LogP contribution is -2.39. The molecule has 110 valence electrons. The predicted molar refractivity (Wildman–Crippen MR) is 78.3 cm³/mol. The van der Waals surface area contributed by atoms with Crippen LogP contribution in [0.5, 0.6) is 0 Å². The second-order valence-electron chi connectivity index (χ2n) is 5.24. The third-order valence-electron chi connectivity index (χ3n) is 3.66. The molecule has 0 radical (unpaired) electrons. The molecule has 0 spiro atoms. The Labute approximate surface area is 122 Å². The van der Waals surface area contributed by atoms with Gasteiger partial charge in [0, 0.05) is 19.3 Å². The Morgan fingerprint density at radius 1 is 1.33 bits per heavy atom. The van der Waals surface area contributed by atoms with Gasteiger partial charge in [-0.05, 0) is 23.6 Å². The lowest BCUT2D eigenvalue weighted by atomic mass is 10.1. The van der Waals surface area contributed by atoms with Gasteiger partial charge in [0.15, 0.2) is 0 Å². The van der Waals surface area contributed by atoms with Crippen LogP contribution in [-0.2, 0) is 11.3 Å². The molecule has 2 aromatic rings. The van der Waals surface area contributed by atoms with E-state index < -0.39 is 6.10 Å². The molecular formula is C15H18N4O2. The van der Waals surface area contributed by atoms with E-state index in [2.05, 4.69) is 20.8 Å². The number of nitrogens with zero attached hydrogens (tertiary/aromatic N) is 1. The van der Waals surface area contributed by atoms with Crippen LogP contribution >= 0.6 is 0 Å². The summed E-state index contributed by atoms with van der Waals surface area (Å²) in [6, 6.07) is 9.57. The van der Waals surface area contributed by atoms with Crippen LogP contribution < -0.4 is 10.6 Å². The molecule has 4 N–H and O–H groups in total. The molecule has 2 atom stereocenters. The summed E-state index contributed by atoms with van der Waals surface area (Å²) in [6.07, 6.45) is 1.77. The highest BCUT2D eigenvalue weighted by Crippen LogP contribution is 2.16. The number of carbonyl (C=O) groups excluding carboxylic acids is 1. The van der Waals surface area contributed by atoms with E-state index in [1.807, 2.05) is 30.3 Å². The number of aliphatic hydroxyl groups is 1. The van der Waals surface area contributed by atoms with Crippen molar-refractivity contribution in [1.29, 1.82) is 0 Å². The molecule has 0 bridgehead atoms. The van der Waals surface area contributed by atoms with Crippen molar-refractivity contribution in [3.8, 4) is 11.3 Å². The van der Waals surface area contributed by atoms with E-state index in [0.717, 1.165) is 16.8 Å². The number of β-amino-alcohol motifs (C(OH)–C–C–N with tert-alkyl or cyclic N) is 1. The third kappa shape index (κ3) is 3.29. The van der Waals surface area contributed by atoms with Gasteiger partial charge in [0.1, 0.15) is 0 Å². The van der Waals surface area contributed by atoms with Gasteiger partial charge in [-0.2, -0.15) is 5.10 Å². The number of aromatic nitrogens is 2. The van der Waals surface area contributed by atoms with E-state index >= 15 is 0 Å². The summed E-state index contributed by atoms with van der Waals surface area (Å²) in [7, 11) is 0. The van der Waals surface area contributed by atoms with Crippen molar-refractivity contribution >= 4 is 5.91 Å². The summed E-state index contributed by atoms with van der Waals surface area (Å²) < 4.78 is 0. The Morgan fingerprint density at radius 3 is 2.76 bits per heavy atom. The van der Waals surface area contributed by atoms with E-state index in [0.29, 0.717) is 19.5 Å². The lowest BCUT2D eigenvalue weighted by molar-refractivity contribution is -0.123. The van der Waals surface area contributed by atoms with Gasteiger partial charge in [0.25, 0.3) is 0 Å². The minimum atomic E-state index is -0.422. The molecular weight excluding hydrogens is 268 g/mol. The smallest absolute Gasteiger partial charge is 0.237 e. The maximum absolute atomic E-state index is 11.9. The van der Waals surface area contributed by atoms with Crippen LogP contribution in [0.4, 0.5) is 0 Å². The van der Waals surface area contributed by atoms with Crippen molar-refractivity contribution in [3.05, 3.63) is 42.1 Å². The van der Waals surface area contributed by atoms with Gasteiger partial charge in [0.2, 0.25) is 5.91 Å². The molecule has 21 heavy (non-hydrogen) atoms. The van der Waals surface area contributed by atoms with E-state index in [1.165, 1.54) is 0 Å². The first-order valence-corrected chi connectivity index (χ1v) is 7.00. The lowest BCUT2D eigenvalue weighted by Gasteiger charge is -2.11. The number of H-pyrrole nitrogens is 1. The quantitative estimate of drug-likeness (QED) is 0.655. The van der Waals surface area contributed by atoms with Crippen molar-refractivity contribution in [2.75, 3.05) is 6.54 Å². The molecule has 1 aromatic carbocycles. The summed E-state index contributed by atoms with van der Waals surface area (Å²) in [4.78, 5) is 11.9. The molecule has 0 saturated carbocycles. The maximum atomic E-state index is 11.9. The number of benzene rings is 1. The van der Waals surface area contributed by atoms with Crippen LogP contribution in [-0.4, -0.2) is 39.9 Å². The van der Waals surface area contributed by atoms with Crippen molar-refractivity contribution in [1.82, 2.24) is 20.8 Å². The highest BCUT2D eigenvalue weighted by Gasteiger charge is 2.27. The molecule has 0 unspecified atom stereocenters. The summed E-state index contributed by atoms with van der Waals surface area (Å²) in [5.41, 5.74) is 3.06. The molecule has 0 aliphatic carbocycles. The van der Waals surface area contributed by atoms with Crippen molar-refractivity contribution in [2.24, 2.45) is 0 Å². The van der Waals surface area contributed by atoms with Gasteiger partial charge in [-0.25, -0.2) is 0 Å². The van der Waals surface area contributed by atoms with Crippen molar-refractivity contribution < 1.29 is 9.90 Å². The first-order chi connectivity index (χ1) is 10.2. The van der Waals surface area contributed by atoms with E-state index in [4.69, 9.17) is 0 Å². The van der Waals surface area contributed by atoms with Gasteiger partial charge in [-0.1, -0.05) is 24.3 Å². The highest BCUT2D eigenvalue weighted by atomic mass is 16.3. The van der Waals surface area contributed by atoms with Crippen LogP contribution in [0.15, 0.2) is 36.5 Å². The molecule has 2 heterocycles. The molecule has 1 aliphatic heterocycles. The standard InChI is InChI=1S/C15H18N4O2/c20-12-7-14(16-9-12)15(21)17-8-10-1-3-11(4-2-10)13-5-6-18-19-13/h1-6,12,14,16,20H,7-9H2,(H,17,21)(H,18,19)/t12-,14+/m0/s1. The molecule has 1 aliphatic rings. The summed E-state index contributed by atoms with van der Waals surface area (Å²) >= 11 is 0. The average Bonchev–Trinajstić information content (AvgIpc) is 3.16. The number of aromatic amines is 1. The number of hydrogen-bond acceptors (Lipinski definition) is 4. The molecule has 1 amide bonds. The van der Waals surface area contributed by atoms with Gasteiger partial charge < -0.3 is 15.7 Å². The van der Waals surface area contributed by atoms with Crippen LogP contribution in [0.25, 0.3) is 11.3 Å².